The zero-order valence-electron chi connectivity index (χ0n) is 12.3. The molecule has 2 rings (SSSR count). The van der Waals surface area contributed by atoms with Crippen molar-refractivity contribution in [3.05, 3.63) is 35.4 Å². The van der Waals surface area contributed by atoms with Crippen molar-refractivity contribution in [3.63, 3.8) is 0 Å². The summed E-state index contributed by atoms with van der Waals surface area (Å²) in [4.78, 5) is 14.0. The standard InChI is InChI=1S/C16H24N2O2/c1-12(2)13-3-5-14(6-4-13)15(17)11-16(19)18-7-9-20-10-8-18/h3-6,12,15H,7-11,17H2,1-2H3. The van der Waals surface area contributed by atoms with E-state index in [9.17, 15) is 4.79 Å². The molecule has 20 heavy (non-hydrogen) atoms. The van der Waals surface area contributed by atoms with Crippen LogP contribution in [0.3, 0.4) is 0 Å². The van der Waals surface area contributed by atoms with Crippen LogP contribution in [-0.2, 0) is 9.53 Å². The molecule has 1 aliphatic rings. The Morgan fingerprint density at radius 2 is 1.75 bits per heavy atom. The fraction of sp³-hybridized carbons (Fsp3) is 0.562. The third-order valence-corrected chi connectivity index (χ3v) is 3.79. The Bertz CT molecular complexity index is 436. The number of benzene rings is 1. The lowest BCUT2D eigenvalue weighted by molar-refractivity contribution is -0.135. The third-order valence-electron chi connectivity index (χ3n) is 3.79. The fourth-order valence-corrected chi connectivity index (χ4v) is 2.38. The quantitative estimate of drug-likeness (QED) is 0.916. The number of nitrogens with zero attached hydrogens (tertiary/aromatic N) is 1. The lowest BCUT2D eigenvalue weighted by Crippen LogP contribution is -2.41. The summed E-state index contributed by atoms with van der Waals surface area (Å²) in [6.07, 6.45) is 0.362. The van der Waals surface area contributed by atoms with Gasteiger partial charge in [0, 0.05) is 25.6 Å². The molecule has 1 saturated heterocycles. The number of carbonyl (C=O) groups is 1. The first-order valence-corrected chi connectivity index (χ1v) is 7.29. The van der Waals surface area contributed by atoms with Crippen molar-refractivity contribution in [3.8, 4) is 0 Å². The van der Waals surface area contributed by atoms with E-state index in [1.807, 2.05) is 17.0 Å². The van der Waals surface area contributed by atoms with Crippen LogP contribution in [-0.4, -0.2) is 37.1 Å². The molecule has 0 spiro atoms. The van der Waals surface area contributed by atoms with E-state index in [2.05, 4.69) is 26.0 Å². The second-order valence-corrected chi connectivity index (χ2v) is 5.63. The van der Waals surface area contributed by atoms with Crippen LogP contribution < -0.4 is 5.73 Å². The van der Waals surface area contributed by atoms with Gasteiger partial charge in [0.25, 0.3) is 0 Å². The maximum Gasteiger partial charge on any atom is 0.224 e. The molecule has 0 radical (unpaired) electrons. The van der Waals surface area contributed by atoms with Crippen molar-refractivity contribution in [1.29, 1.82) is 0 Å². The highest BCUT2D eigenvalue weighted by molar-refractivity contribution is 5.77. The van der Waals surface area contributed by atoms with Crippen molar-refractivity contribution in [1.82, 2.24) is 4.90 Å². The third kappa shape index (κ3) is 3.81. The Morgan fingerprint density at radius 3 is 2.30 bits per heavy atom. The molecule has 110 valence electrons. The molecule has 1 aromatic carbocycles. The number of rotatable bonds is 4. The highest BCUT2D eigenvalue weighted by Crippen LogP contribution is 2.20. The molecule has 0 bridgehead atoms. The van der Waals surface area contributed by atoms with Crippen molar-refractivity contribution in [2.75, 3.05) is 26.3 Å². The average molecular weight is 276 g/mol. The van der Waals surface area contributed by atoms with E-state index in [0.717, 1.165) is 5.56 Å². The van der Waals surface area contributed by atoms with Crippen LogP contribution in [0.1, 0.15) is 43.4 Å². The highest BCUT2D eigenvalue weighted by Gasteiger charge is 2.20. The Hall–Kier alpha value is -1.39. The second kappa shape index (κ2) is 6.86. The molecule has 2 N–H and O–H groups in total. The predicted molar refractivity (Wildman–Crippen MR) is 79.5 cm³/mol. The highest BCUT2D eigenvalue weighted by atomic mass is 16.5. The van der Waals surface area contributed by atoms with E-state index in [0.29, 0.717) is 38.6 Å². The van der Waals surface area contributed by atoms with Gasteiger partial charge in [-0.25, -0.2) is 0 Å². The Balaban J connectivity index is 1.93. The number of carbonyl (C=O) groups excluding carboxylic acids is 1. The van der Waals surface area contributed by atoms with Crippen LogP contribution >= 0.6 is 0 Å². The minimum Gasteiger partial charge on any atom is -0.378 e. The molecule has 1 unspecified atom stereocenters. The summed E-state index contributed by atoms with van der Waals surface area (Å²) in [5, 5.41) is 0. The van der Waals surface area contributed by atoms with Gasteiger partial charge in [0.15, 0.2) is 0 Å². The zero-order chi connectivity index (χ0) is 14.5. The number of morpholine rings is 1. The normalized spacial score (nSPS) is 17.3. The summed E-state index contributed by atoms with van der Waals surface area (Å²) >= 11 is 0. The molecule has 0 aliphatic carbocycles. The average Bonchev–Trinajstić information content (AvgIpc) is 2.48. The van der Waals surface area contributed by atoms with Crippen molar-refractivity contribution in [2.24, 2.45) is 5.73 Å². The Morgan fingerprint density at radius 1 is 1.20 bits per heavy atom. The lowest BCUT2D eigenvalue weighted by Gasteiger charge is -2.28. The smallest absolute Gasteiger partial charge is 0.224 e. The van der Waals surface area contributed by atoms with Crippen LogP contribution in [0.5, 0.6) is 0 Å². The molecule has 1 amide bonds. The number of ether oxygens (including phenoxy) is 1. The topological polar surface area (TPSA) is 55.6 Å². The van der Waals surface area contributed by atoms with Crippen LogP contribution in [0.25, 0.3) is 0 Å². The Labute approximate surface area is 120 Å². The minimum absolute atomic E-state index is 0.119. The van der Waals surface area contributed by atoms with Gasteiger partial charge in [-0.1, -0.05) is 38.1 Å². The molecule has 1 atom stereocenters. The molecular formula is C16H24N2O2. The van der Waals surface area contributed by atoms with Crippen LogP contribution in [0.15, 0.2) is 24.3 Å². The zero-order valence-corrected chi connectivity index (χ0v) is 12.3. The maximum atomic E-state index is 12.1. The Kier molecular flexibility index (Phi) is 5.15. The number of hydrogen-bond acceptors (Lipinski definition) is 3. The molecule has 0 saturated carbocycles. The van der Waals surface area contributed by atoms with E-state index in [1.54, 1.807) is 0 Å². The summed E-state index contributed by atoms with van der Waals surface area (Å²) in [7, 11) is 0. The summed E-state index contributed by atoms with van der Waals surface area (Å²) in [5.74, 6) is 0.629. The first-order chi connectivity index (χ1) is 9.58. The monoisotopic (exact) mass is 276 g/mol. The van der Waals surface area contributed by atoms with E-state index in [1.165, 1.54) is 5.56 Å². The van der Waals surface area contributed by atoms with Crippen molar-refractivity contribution >= 4 is 5.91 Å². The number of amides is 1. The van der Waals surface area contributed by atoms with E-state index in [-0.39, 0.29) is 11.9 Å². The predicted octanol–water partition coefficient (Wildman–Crippen LogP) is 2.06. The van der Waals surface area contributed by atoms with E-state index < -0.39 is 0 Å². The molecule has 1 heterocycles. The SMILES string of the molecule is CC(C)c1ccc(C(N)CC(=O)N2CCOCC2)cc1. The van der Waals surface area contributed by atoms with Crippen LogP contribution in [0.4, 0.5) is 0 Å². The second-order valence-electron chi connectivity index (χ2n) is 5.63. The molecule has 1 fully saturated rings. The van der Waals surface area contributed by atoms with Gasteiger partial charge in [0.05, 0.1) is 13.2 Å². The molecule has 1 aromatic rings. The lowest BCUT2D eigenvalue weighted by atomic mass is 9.98. The molecule has 1 aliphatic heterocycles. The van der Waals surface area contributed by atoms with E-state index >= 15 is 0 Å². The van der Waals surface area contributed by atoms with Gasteiger partial charge < -0.3 is 15.4 Å². The molecule has 0 aromatic heterocycles. The number of nitrogens with two attached hydrogens (primary N) is 1. The van der Waals surface area contributed by atoms with Crippen molar-refractivity contribution < 1.29 is 9.53 Å². The largest absolute Gasteiger partial charge is 0.378 e. The van der Waals surface area contributed by atoms with E-state index in [4.69, 9.17) is 10.5 Å². The van der Waals surface area contributed by atoms with Crippen molar-refractivity contribution in [2.45, 2.75) is 32.2 Å². The summed E-state index contributed by atoms with van der Waals surface area (Å²) in [5.41, 5.74) is 8.47. The first-order valence-electron chi connectivity index (χ1n) is 7.29. The van der Waals surface area contributed by atoms with Gasteiger partial charge in [0.1, 0.15) is 0 Å². The van der Waals surface area contributed by atoms with Crippen LogP contribution in [0, 0.1) is 0 Å². The van der Waals surface area contributed by atoms with Crippen LogP contribution in [0.2, 0.25) is 0 Å². The fourth-order valence-electron chi connectivity index (χ4n) is 2.38. The van der Waals surface area contributed by atoms with Gasteiger partial charge in [-0.2, -0.15) is 0 Å². The molecule has 4 heteroatoms. The summed E-state index contributed by atoms with van der Waals surface area (Å²) in [6.45, 7) is 6.94. The number of hydrogen-bond donors (Lipinski definition) is 1. The maximum absolute atomic E-state index is 12.1. The molecular weight excluding hydrogens is 252 g/mol. The van der Waals surface area contributed by atoms with Gasteiger partial charge in [-0.05, 0) is 17.0 Å². The minimum atomic E-state index is -0.230. The van der Waals surface area contributed by atoms with Gasteiger partial charge in [-0.3, -0.25) is 4.79 Å². The molecule has 4 nitrogen and oxygen atoms in total. The van der Waals surface area contributed by atoms with Gasteiger partial charge >= 0.3 is 0 Å². The van der Waals surface area contributed by atoms with Gasteiger partial charge in [0.2, 0.25) is 5.91 Å². The summed E-state index contributed by atoms with van der Waals surface area (Å²) in [6, 6.07) is 8.03. The first kappa shape index (κ1) is 15.0. The summed E-state index contributed by atoms with van der Waals surface area (Å²) < 4.78 is 5.25. The van der Waals surface area contributed by atoms with Gasteiger partial charge in [-0.15, -0.1) is 0 Å².